The molecule has 0 amide bonds. The monoisotopic (exact) mass is 348 g/mol. The van der Waals surface area contributed by atoms with Crippen LogP contribution in [0.1, 0.15) is 37.4 Å². The van der Waals surface area contributed by atoms with Crippen LogP contribution in [0.25, 0.3) is 0 Å². The van der Waals surface area contributed by atoms with E-state index in [2.05, 4.69) is 46.1 Å². The summed E-state index contributed by atoms with van der Waals surface area (Å²) in [5.74, 6) is 0.657. The zero-order chi connectivity index (χ0) is 15.1. The third kappa shape index (κ3) is 5.14. The molecule has 1 N–H and O–H groups in total. The lowest BCUT2D eigenvalue weighted by Gasteiger charge is -2.13. The maximum Gasteiger partial charge on any atom is 0.213 e. The first-order valence-corrected chi connectivity index (χ1v) is 8.05. The summed E-state index contributed by atoms with van der Waals surface area (Å²) in [6.07, 6.45) is 3.01. The molecule has 4 heteroatoms. The van der Waals surface area contributed by atoms with Gasteiger partial charge >= 0.3 is 0 Å². The van der Waals surface area contributed by atoms with Crippen LogP contribution in [0.3, 0.4) is 0 Å². The van der Waals surface area contributed by atoms with Crippen molar-refractivity contribution in [2.75, 3.05) is 6.54 Å². The molecule has 0 aliphatic carbocycles. The Balaban J connectivity index is 1.88. The molecule has 1 aromatic carbocycles. The molecule has 0 aliphatic rings. The van der Waals surface area contributed by atoms with Gasteiger partial charge in [0.1, 0.15) is 6.61 Å². The van der Waals surface area contributed by atoms with Crippen molar-refractivity contribution < 1.29 is 4.74 Å². The van der Waals surface area contributed by atoms with E-state index in [1.54, 1.807) is 0 Å². The molecule has 0 saturated carbocycles. The lowest BCUT2D eigenvalue weighted by molar-refractivity contribution is 0.293. The summed E-state index contributed by atoms with van der Waals surface area (Å²) in [4.78, 5) is 4.37. The molecule has 1 atom stereocenters. The number of ether oxygens (including phenoxy) is 1. The third-order valence-electron chi connectivity index (χ3n) is 3.26. The Labute approximate surface area is 134 Å². The standard InChI is InChI=1S/C17H21BrN2O/c1-3-10-19-13(2)15-6-9-17(20-11-15)21-12-14-4-7-16(18)8-5-14/h4-9,11,13,19H,3,10,12H2,1-2H3. The van der Waals surface area contributed by atoms with E-state index in [9.17, 15) is 0 Å². The number of hydrogen-bond acceptors (Lipinski definition) is 3. The summed E-state index contributed by atoms with van der Waals surface area (Å²) in [5.41, 5.74) is 2.31. The number of benzene rings is 1. The van der Waals surface area contributed by atoms with Crippen LogP contribution in [-0.2, 0) is 6.61 Å². The van der Waals surface area contributed by atoms with Crippen molar-refractivity contribution in [1.82, 2.24) is 10.3 Å². The highest BCUT2D eigenvalue weighted by Gasteiger charge is 2.05. The Bertz CT molecular complexity index is 540. The molecule has 2 aromatic rings. The smallest absolute Gasteiger partial charge is 0.213 e. The van der Waals surface area contributed by atoms with Gasteiger partial charge in [-0.3, -0.25) is 0 Å². The van der Waals surface area contributed by atoms with Crippen LogP contribution in [0, 0.1) is 0 Å². The Morgan fingerprint density at radius 2 is 1.95 bits per heavy atom. The van der Waals surface area contributed by atoms with Crippen LogP contribution in [-0.4, -0.2) is 11.5 Å². The zero-order valence-corrected chi connectivity index (χ0v) is 14.1. The van der Waals surface area contributed by atoms with Crippen molar-refractivity contribution in [3.63, 3.8) is 0 Å². The molecule has 0 fully saturated rings. The highest BCUT2D eigenvalue weighted by atomic mass is 79.9. The van der Waals surface area contributed by atoms with Crippen LogP contribution in [0.4, 0.5) is 0 Å². The third-order valence-corrected chi connectivity index (χ3v) is 3.79. The van der Waals surface area contributed by atoms with E-state index in [1.165, 1.54) is 5.56 Å². The summed E-state index contributed by atoms with van der Waals surface area (Å²) in [6, 6.07) is 12.4. The Morgan fingerprint density at radius 1 is 1.19 bits per heavy atom. The first-order valence-electron chi connectivity index (χ1n) is 7.25. The maximum atomic E-state index is 5.70. The molecule has 1 unspecified atom stereocenters. The Hall–Kier alpha value is -1.39. The fraction of sp³-hybridized carbons (Fsp3) is 0.353. The van der Waals surface area contributed by atoms with Gasteiger partial charge in [-0.1, -0.05) is 41.1 Å². The van der Waals surface area contributed by atoms with Crippen LogP contribution >= 0.6 is 15.9 Å². The van der Waals surface area contributed by atoms with Gasteiger partial charge in [-0.05, 0) is 43.1 Å². The maximum absolute atomic E-state index is 5.70. The van der Waals surface area contributed by atoms with Crippen LogP contribution in [0.5, 0.6) is 5.88 Å². The van der Waals surface area contributed by atoms with Gasteiger partial charge in [0.25, 0.3) is 0 Å². The minimum Gasteiger partial charge on any atom is -0.473 e. The van der Waals surface area contributed by atoms with Gasteiger partial charge < -0.3 is 10.1 Å². The molecule has 112 valence electrons. The normalized spacial score (nSPS) is 12.1. The van der Waals surface area contributed by atoms with Crippen molar-refractivity contribution in [2.45, 2.75) is 32.9 Å². The van der Waals surface area contributed by atoms with E-state index in [4.69, 9.17) is 4.74 Å². The van der Waals surface area contributed by atoms with Crippen LogP contribution in [0.2, 0.25) is 0 Å². The second-order valence-electron chi connectivity index (χ2n) is 5.02. The molecule has 3 nitrogen and oxygen atoms in total. The number of pyridine rings is 1. The van der Waals surface area contributed by atoms with Crippen molar-refractivity contribution in [3.8, 4) is 5.88 Å². The number of nitrogens with one attached hydrogen (secondary N) is 1. The van der Waals surface area contributed by atoms with Crippen molar-refractivity contribution >= 4 is 15.9 Å². The van der Waals surface area contributed by atoms with Crippen molar-refractivity contribution in [1.29, 1.82) is 0 Å². The molecule has 1 heterocycles. The molecule has 21 heavy (non-hydrogen) atoms. The molecule has 0 radical (unpaired) electrons. The summed E-state index contributed by atoms with van der Waals surface area (Å²) in [5, 5.41) is 3.45. The van der Waals surface area contributed by atoms with E-state index in [1.807, 2.05) is 36.5 Å². The second-order valence-corrected chi connectivity index (χ2v) is 5.94. The predicted octanol–water partition coefficient (Wildman–Crippen LogP) is 4.48. The van der Waals surface area contributed by atoms with Gasteiger partial charge in [0.2, 0.25) is 5.88 Å². The van der Waals surface area contributed by atoms with Crippen molar-refractivity contribution in [2.24, 2.45) is 0 Å². The molecular formula is C17H21BrN2O. The lowest BCUT2D eigenvalue weighted by Crippen LogP contribution is -2.19. The molecular weight excluding hydrogens is 328 g/mol. The highest BCUT2D eigenvalue weighted by Crippen LogP contribution is 2.16. The molecule has 0 saturated heterocycles. The summed E-state index contributed by atoms with van der Waals surface area (Å²) >= 11 is 3.42. The van der Waals surface area contributed by atoms with Gasteiger partial charge in [0.15, 0.2) is 0 Å². The fourth-order valence-corrected chi connectivity index (χ4v) is 2.21. The number of aromatic nitrogens is 1. The average molecular weight is 349 g/mol. The Morgan fingerprint density at radius 3 is 2.57 bits per heavy atom. The Kier molecular flexibility index (Phi) is 6.21. The SMILES string of the molecule is CCCNC(C)c1ccc(OCc2ccc(Br)cc2)nc1. The summed E-state index contributed by atoms with van der Waals surface area (Å²) in [6.45, 7) is 5.86. The minimum atomic E-state index is 0.318. The first kappa shape index (κ1) is 16.0. The highest BCUT2D eigenvalue weighted by molar-refractivity contribution is 9.10. The summed E-state index contributed by atoms with van der Waals surface area (Å²) in [7, 11) is 0. The minimum absolute atomic E-state index is 0.318. The summed E-state index contributed by atoms with van der Waals surface area (Å²) < 4.78 is 6.77. The largest absolute Gasteiger partial charge is 0.473 e. The number of rotatable bonds is 7. The van der Waals surface area contributed by atoms with Crippen molar-refractivity contribution in [3.05, 3.63) is 58.2 Å². The van der Waals surface area contributed by atoms with E-state index in [-0.39, 0.29) is 0 Å². The van der Waals surface area contributed by atoms with Gasteiger partial charge in [-0.25, -0.2) is 4.98 Å². The van der Waals surface area contributed by atoms with E-state index in [0.29, 0.717) is 18.5 Å². The number of nitrogens with zero attached hydrogens (tertiary/aromatic N) is 1. The van der Waals surface area contributed by atoms with E-state index < -0.39 is 0 Å². The molecule has 0 spiro atoms. The van der Waals surface area contributed by atoms with Gasteiger partial charge in [0.05, 0.1) is 0 Å². The first-order chi connectivity index (χ1) is 10.2. The molecule has 1 aromatic heterocycles. The second kappa shape index (κ2) is 8.15. The topological polar surface area (TPSA) is 34.1 Å². The number of hydrogen-bond donors (Lipinski definition) is 1. The van der Waals surface area contributed by atoms with Crippen LogP contribution in [0.15, 0.2) is 47.1 Å². The predicted molar refractivity (Wildman–Crippen MR) is 89.4 cm³/mol. The van der Waals surface area contributed by atoms with Crippen LogP contribution < -0.4 is 10.1 Å². The molecule has 0 aliphatic heterocycles. The van der Waals surface area contributed by atoms with Gasteiger partial charge in [0, 0.05) is 22.8 Å². The fourth-order valence-electron chi connectivity index (χ4n) is 1.95. The van der Waals surface area contributed by atoms with E-state index in [0.717, 1.165) is 23.0 Å². The molecule has 0 bridgehead atoms. The number of halogens is 1. The van der Waals surface area contributed by atoms with Gasteiger partial charge in [-0.15, -0.1) is 0 Å². The lowest BCUT2D eigenvalue weighted by atomic mass is 10.1. The quantitative estimate of drug-likeness (QED) is 0.800. The average Bonchev–Trinajstić information content (AvgIpc) is 2.52. The van der Waals surface area contributed by atoms with Gasteiger partial charge in [-0.2, -0.15) is 0 Å². The zero-order valence-electron chi connectivity index (χ0n) is 12.5. The van der Waals surface area contributed by atoms with E-state index >= 15 is 0 Å². The molecule has 2 rings (SSSR count).